The fourth-order valence-electron chi connectivity index (χ4n) is 2.49. The predicted molar refractivity (Wildman–Crippen MR) is 76.2 cm³/mol. The highest BCUT2D eigenvalue weighted by atomic mass is 16.3. The molecule has 104 valence electrons. The van der Waals surface area contributed by atoms with Crippen LogP contribution in [0.4, 0.5) is 5.69 Å². The molecule has 1 unspecified atom stereocenters. The minimum atomic E-state index is -0.468. The van der Waals surface area contributed by atoms with Crippen molar-refractivity contribution in [3.8, 4) is 0 Å². The summed E-state index contributed by atoms with van der Waals surface area (Å²) in [5.74, 6) is -0.0341. The van der Waals surface area contributed by atoms with Crippen LogP contribution < -0.4 is 4.90 Å². The summed E-state index contributed by atoms with van der Waals surface area (Å²) in [6.07, 6.45) is 0. The fraction of sp³-hybridized carbons (Fsp3) is 0.533. The van der Waals surface area contributed by atoms with Gasteiger partial charge in [0.25, 0.3) is 0 Å². The fourth-order valence-corrected chi connectivity index (χ4v) is 2.49. The second-order valence-corrected chi connectivity index (χ2v) is 5.88. The Morgan fingerprint density at radius 1 is 1.32 bits per heavy atom. The Bertz CT molecular complexity index is 468. The van der Waals surface area contributed by atoms with Crippen molar-refractivity contribution in [1.29, 1.82) is 0 Å². The zero-order valence-corrected chi connectivity index (χ0v) is 12.1. The number of nitrogens with zero attached hydrogens (tertiary/aromatic N) is 2. The van der Waals surface area contributed by atoms with E-state index in [2.05, 4.69) is 13.8 Å². The van der Waals surface area contributed by atoms with Gasteiger partial charge in [-0.1, -0.05) is 17.7 Å². The summed E-state index contributed by atoms with van der Waals surface area (Å²) in [5.41, 5.74) is 1.91. The van der Waals surface area contributed by atoms with Gasteiger partial charge in [-0.3, -0.25) is 9.69 Å². The van der Waals surface area contributed by atoms with Crippen LogP contribution in [0.1, 0.15) is 19.4 Å². The molecule has 0 saturated carbocycles. The first-order chi connectivity index (χ1) is 8.86. The van der Waals surface area contributed by atoms with Crippen molar-refractivity contribution < 1.29 is 9.90 Å². The third kappa shape index (κ3) is 2.51. The molecule has 1 N–H and O–H groups in total. The number of carbonyl (C=O) groups excluding carboxylic acids is 1. The molecule has 1 fully saturated rings. The smallest absolute Gasteiger partial charge is 0.246 e. The molecule has 0 radical (unpaired) electrons. The van der Waals surface area contributed by atoms with E-state index < -0.39 is 6.04 Å². The summed E-state index contributed by atoms with van der Waals surface area (Å²) in [7, 11) is 1.89. The molecule has 1 saturated heterocycles. The summed E-state index contributed by atoms with van der Waals surface area (Å²) in [6.45, 7) is 6.67. The van der Waals surface area contributed by atoms with E-state index in [1.54, 1.807) is 4.90 Å². The maximum Gasteiger partial charge on any atom is 0.246 e. The van der Waals surface area contributed by atoms with Gasteiger partial charge in [0.05, 0.1) is 6.61 Å². The van der Waals surface area contributed by atoms with E-state index in [1.165, 1.54) is 5.56 Å². The average molecular weight is 262 g/mol. The van der Waals surface area contributed by atoms with Gasteiger partial charge in [-0.2, -0.15) is 0 Å². The number of hydrogen-bond acceptors (Lipinski definition) is 3. The van der Waals surface area contributed by atoms with Gasteiger partial charge in [-0.15, -0.1) is 0 Å². The summed E-state index contributed by atoms with van der Waals surface area (Å²) in [6, 6.07) is 7.46. The second kappa shape index (κ2) is 4.94. The van der Waals surface area contributed by atoms with Gasteiger partial charge in [0.1, 0.15) is 6.04 Å². The first-order valence-electron chi connectivity index (χ1n) is 6.58. The molecule has 1 aromatic carbocycles. The van der Waals surface area contributed by atoms with E-state index >= 15 is 0 Å². The number of likely N-dealkylation sites (N-methyl/N-ethyl adjacent to an activating group) is 1. The van der Waals surface area contributed by atoms with Crippen LogP contribution in [-0.2, 0) is 4.79 Å². The molecule has 1 atom stereocenters. The Morgan fingerprint density at radius 3 is 2.42 bits per heavy atom. The van der Waals surface area contributed by atoms with Crippen LogP contribution in [0.2, 0.25) is 0 Å². The van der Waals surface area contributed by atoms with Gasteiger partial charge < -0.3 is 10.0 Å². The van der Waals surface area contributed by atoms with E-state index in [1.807, 2.05) is 43.1 Å². The van der Waals surface area contributed by atoms with Crippen LogP contribution in [0.25, 0.3) is 0 Å². The number of rotatable bonds is 2. The van der Waals surface area contributed by atoms with Crippen LogP contribution >= 0.6 is 0 Å². The molecule has 0 spiro atoms. The quantitative estimate of drug-likeness (QED) is 0.876. The normalized spacial score (nSPS) is 23.7. The van der Waals surface area contributed by atoms with Crippen molar-refractivity contribution in [3.05, 3.63) is 29.8 Å². The molecule has 0 aliphatic carbocycles. The monoisotopic (exact) mass is 262 g/mol. The zero-order valence-electron chi connectivity index (χ0n) is 12.1. The molecule has 0 aromatic heterocycles. The Balaban J connectivity index is 2.35. The number of hydrogen-bond donors (Lipinski definition) is 1. The lowest BCUT2D eigenvalue weighted by molar-refractivity contribution is -0.131. The van der Waals surface area contributed by atoms with Gasteiger partial charge >= 0.3 is 0 Å². The first-order valence-corrected chi connectivity index (χ1v) is 6.58. The van der Waals surface area contributed by atoms with E-state index in [0.29, 0.717) is 6.54 Å². The largest absolute Gasteiger partial charge is 0.394 e. The lowest BCUT2D eigenvalue weighted by Crippen LogP contribution is -2.66. The number of carbonyl (C=O) groups is 1. The maximum atomic E-state index is 12.5. The highest BCUT2D eigenvalue weighted by molar-refractivity contribution is 5.98. The third-order valence-corrected chi connectivity index (χ3v) is 4.04. The third-order valence-electron chi connectivity index (χ3n) is 4.04. The van der Waals surface area contributed by atoms with Crippen molar-refractivity contribution in [1.82, 2.24) is 4.90 Å². The molecule has 1 aromatic rings. The topological polar surface area (TPSA) is 43.8 Å². The number of amides is 1. The van der Waals surface area contributed by atoms with Crippen molar-refractivity contribution in [3.63, 3.8) is 0 Å². The summed E-state index contributed by atoms with van der Waals surface area (Å²) in [4.78, 5) is 16.2. The molecule has 1 amide bonds. The van der Waals surface area contributed by atoms with Crippen LogP contribution in [-0.4, -0.2) is 47.7 Å². The summed E-state index contributed by atoms with van der Waals surface area (Å²) < 4.78 is 0. The minimum Gasteiger partial charge on any atom is -0.394 e. The minimum absolute atomic E-state index is 0.0341. The lowest BCUT2D eigenvalue weighted by atomic mass is 9.94. The Hall–Kier alpha value is -1.39. The molecule has 2 rings (SSSR count). The van der Waals surface area contributed by atoms with Gasteiger partial charge in [0.2, 0.25) is 5.91 Å². The van der Waals surface area contributed by atoms with Gasteiger partial charge in [0, 0.05) is 17.8 Å². The van der Waals surface area contributed by atoms with Crippen molar-refractivity contribution in [2.45, 2.75) is 32.4 Å². The molecular formula is C15H22N2O2. The van der Waals surface area contributed by atoms with Crippen molar-refractivity contribution in [2.75, 3.05) is 25.1 Å². The Labute approximate surface area is 114 Å². The maximum absolute atomic E-state index is 12.5. The van der Waals surface area contributed by atoms with Gasteiger partial charge in [0.15, 0.2) is 0 Å². The van der Waals surface area contributed by atoms with Crippen molar-refractivity contribution >= 4 is 11.6 Å². The Kier molecular flexibility index (Phi) is 3.65. The van der Waals surface area contributed by atoms with Gasteiger partial charge in [-0.25, -0.2) is 0 Å². The highest BCUT2D eigenvalue weighted by Gasteiger charge is 2.43. The van der Waals surface area contributed by atoms with Crippen LogP contribution in [0.15, 0.2) is 24.3 Å². The number of anilines is 1. The van der Waals surface area contributed by atoms with E-state index in [4.69, 9.17) is 0 Å². The average Bonchev–Trinajstić information content (AvgIpc) is 2.36. The van der Waals surface area contributed by atoms with E-state index in [-0.39, 0.29) is 18.1 Å². The molecule has 1 aliphatic rings. The van der Waals surface area contributed by atoms with Gasteiger partial charge in [-0.05, 0) is 40.0 Å². The number of benzene rings is 1. The van der Waals surface area contributed by atoms with Crippen LogP contribution in [0, 0.1) is 6.92 Å². The number of aliphatic hydroxyl groups excluding tert-OH is 1. The molecule has 1 aliphatic heterocycles. The molecule has 4 nitrogen and oxygen atoms in total. The van der Waals surface area contributed by atoms with Crippen LogP contribution in [0.5, 0.6) is 0 Å². The number of aliphatic hydroxyl groups is 1. The lowest BCUT2D eigenvalue weighted by Gasteiger charge is -2.48. The van der Waals surface area contributed by atoms with E-state index in [0.717, 1.165) is 5.69 Å². The molecule has 19 heavy (non-hydrogen) atoms. The number of aryl methyl sites for hydroxylation is 1. The second-order valence-electron chi connectivity index (χ2n) is 5.88. The van der Waals surface area contributed by atoms with E-state index in [9.17, 15) is 9.90 Å². The molecular weight excluding hydrogens is 240 g/mol. The SMILES string of the molecule is Cc1ccc(N2CC(C)(C)N(C)C(CO)C2=O)cc1. The van der Waals surface area contributed by atoms with Crippen molar-refractivity contribution in [2.24, 2.45) is 0 Å². The number of piperazine rings is 1. The predicted octanol–water partition coefficient (Wildman–Crippen LogP) is 1.41. The highest BCUT2D eigenvalue weighted by Crippen LogP contribution is 2.28. The molecule has 1 heterocycles. The van der Waals surface area contributed by atoms with Crippen LogP contribution in [0.3, 0.4) is 0 Å². The Morgan fingerprint density at radius 2 is 1.89 bits per heavy atom. The molecule has 0 bridgehead atoms. The molecule has 4 heteroatoms. The summed E-state index contributed by atoms with van der Waals surface area (Å²) >= 11 is 0. The zero-order chi connectivity index (χ0) is 14.2. The summed E-state index contributed by atoms with van der Waals surface area (Å²) in [5, 5.41) is 9.48. The standard InChI is InChI=1S/C15H22N2O2/c1-11-5-7-12(8-6-11)17-10-15(2,3)16(4)13(9-18)14(17)19/h5-8,13,18H,9-10H2,1-4H3. The first kappa shape index (κ1) is 14.0.